The summed E-state index contributed by atoms with van der Waals surface area (Å²) in [5, 5.41) is 13.9. The molecule has 0 bridgehead atoms. The van der Waals surface area contributed by atoms with Gasteiger partial charge in [0.05, 0.1) is 17.0 Å². The highest BCUT2D eigenvalue weighted by atomic mass is 79.9. The van der Waals surface area contributed by atoms with Gasteiger partial charge in [0.2, 0.25) is 0 Å². The number of carbonyl (C=O) groups excluding carboxylic acids is 1. The number of fused-ring (bicyclic) bond motifs is 3. The van der Waals surface area contributed by atoms with Crippen molar-refractivity contribution in [2.75, 3.05) is 7.11 Å². The molecule has 0 aliphatic heterocycles. The van der Waals surface area contributed by atoms with E-state index in [4.69, 9.17) is 4.74 Å². The zero-order valence-corrected chi connectivity index (χ0v) is 11.4. The molecule has 0 aromatic carbocycles. The van der Waals surface area contributed by atoms with Gasteiger partial charge < -0.3 is 9.84 Å². The molecule has 3 rings (SSSR count). The van der Waals surface area contributed by atoms with Crippen LogP contribution in [0.4, 0.5) is 0 Å². The van der Waals surface area contributed by atoms with Crippen LogP contribution in [0.3, 0.4) is 0 Å². The normalized spacial score (nSPS) is 11.2. The third kappa shape index (κ3) is 1.49. The number of aromatic nitrogens is 3. The molecule has 0 fully saturated rings. The summed E-state index contributed by atoms with van der Waals surface area (Å²) in [6.45, 7) is 0. The number of nitrogens with zero attached hydrogens (tertiary/aromatic N) is 3. The lowest BCUT2D eigenvalue weighted by molar-refractivity contribution is 0.0605. The van der Waals surface area contributed by atoms with Crippen molar-refractivity contribution in [3.05, 3.63) is 21.6 Å². The third-order valence-electron chi connectivity index (χ3n) is 2.46. The Morgan fingerprint density at radius 1 is 1.61 bits per heavy atom. The molecule has 3 aromatic heterocycles. The molecule has 8 heteroatoms. The third-order valence-corrected chi connectivity index (χ3v) is 4.65. The number of ether oxygens (including phenoxy) is 1. The highest BCUT2D eigenvalue weighted by Gasteiger charge is 2.20. The van der Waals surface area contributed by atoms with E-state index in [9.17, 15) is 9.90 Å². The van der Waals surface area contributed by atoms with Gasteiger partial charge in [-0.2, -0.15) is 4.98 Å². The van der Waals surface area contributed by atoms with Crippen molar-refractivity contribution in [1.82, 2.24) is 14.6 Å². The van der Waals surface area contributed by atoms with Crippen molar-refractivity contribution < 1.29 is 14.6 Å². The van der Waals surface area contributed by atoms with Gasteiger partial charge in [-0.05, 0) is 22.0 Å². The number of thiophene rings is 1. The summed E-state index contributed by atoms with van der Waals surface area (Å²) in [5.74, 6) is -0.412. The van der Waals surface area contributed by atoms with Crippen LogP contribution in [-0.2, 0) is 4.74 Å². The fraction of sp³-hybridized carbons (Fsp3) is 0.100. The zero-order valence-electron chi connectivity index (χ0n) is 9.05. The Kier molecular flexibility index (Phi) is 2.49. The lowest BCUT2D eigenvalue weighted by Gasteiger charge is -1.95. The fourth-order valence-electron chi connectivity index (χ4n) is 1.70. The predicted octanol–water partition coefficient (Wildman–Crippen LogP) is 2.20. The van der Waals surface area contributed by atoms with Crippen molar-refractivity contribution in [1.29, 1.82) is 0 Å². The van der Waals surface area contributed by atoms with Crippen molar-refractivity contribution in [2.45, 2.75) is 0 Å². The number of methoxy groups -OCH3 is 1. The summed E-state index contributed by atoms with van der Waals surface area (Å²) in [7, 11) is 1.33. The van der Waals surface area contributed by atoms with E-state index in [0.29, 0.717) is 15.0 Å². The second-order valence-corrected chi connectivity index (χ2v) is 5.32. The molecule has 1 N–H and O–H groups in total. The van der Waals surface area contributed by atoms with Gasteiger partial charge in [0.15, 0.2) is 5.65 Å². The van der Waals surface area contributed by atoms with Crippen molar-refractivity contribution >= 4 is 49.0 Å². The van der Waals surface area contributed by atoms with E-state index in [0.717, 1.165) is 10.1 Å². The molecular weight excluding hydrogens is 322 g/mol. The Balaban J connectivity index is 2.43. The van der Waals surface area contributed by atoms with Crippen molar-refractivity contribution in [3.8, 4) is 6.01 Å². The number of rotatable bonds is 1. The summed E-state index contributed by atoms with van der Waals surface area (Å²) >= 11 is 4.67. The monoisotopic (exact) mass is 327 g/mol. The molecule has 0 atom stereocenters. The van der Waals surface area contributed by atoms with Gasteiger partial charge in [-0.3, -0.25) is 0 Å². The topological polar surface area (TPSA) is 76.7 Å². The van der Waals surface area contributed by atoms with E-state index >= 15 is 0 Å². The van der Waals surface area contributed by atoms with E-state index in [1.54, 1.807) is 12.3 Å². The van der Waals surface area contributed by atoms with E-state index in [1.165, 1.54) is 23.0 Å². The molecule has 0 spiro atoms. The van der Waals surface area contributed by atoms with Crippen LogP contribution in [0.1, 0.15) is 9.67 Å². The minimum atomic E-state index is -0.412. The summed E-state index contributed by atoms with van der Waals surface area (Å²) < 4.78 is 7.63. The molecule has 0 amide bonds. The summed E-state index contributed by atoms with van der Waals surface area (Å²) in [6.07, 6.45) is 1.67. The molecule has 0 aliphatic carbocycles. The second-order valence-electron chi connectivity index (χ2n) is 3.47. The van der Waals surface area contributed by atoms with E-state index in [-0.39, 0.29) is 6.01 Å². The molecule has 3 heterocycles. The number of carbonyl (C=O) groups is 1. The first-order chi connectivity index (χ1) is 8.61. The lowest BCUT2D eigenvalue weighted by atomic mass is 10.3. The maximum absolute atomic E-state index is 11.6. The largest absolute Gasteiger partial charge is 0.478 e. The van der Waals surface area contributed by atoms with Crippen LogP contribution in [0, 0.1) is 0 Å². The van der Waals surface area contributed by atoms with Gasteiger partial charge in [0, 0.05) is 10.9 Å². The lowest BCUT2D eigenvalue weighted by Crippen LogP contribution is -1.98. The minimum absolute atomic E-state index is 0.305. The first-order valence-corrected chi connectivity index (χ1v) is 6.47. The van der Waals surface area contributed by atoms with Crippen LogP contribution in [-0.4, -0.2) is 32.8 Å². The molecule has 6 nitrogen and oxygen atoms in total. The molecule has 0 saturated heterocycles. The number of halogens is 1. The molecule has 0 aliphatic rings. The van der Waals surface area contributed by atoms with Gasteiger partial charge >= 0.3 is 12.0 Å². The molecule has 0 radical (unpaired) electrons. The number of hydrogen-bond donors (Lipinski definition) is 1. The Morgan fingerprint density at radius 2 is 2.39 bits per heavy atom. The average molecular weight is 328 g/mol. The van der Waals surface area contributed by atoms with Crippen LogP contribution in [0.5, 0.6) is 6.01 Å². The highest BCUT2D eigenvalue weighted by molar-refractivity contribution is 9.10. The van der Waals surface area contributed by atoms with E-state index < -0.39 is 5.97 Å². The number of pyridine rings is 1. The zero-order chi connectivity index (χ0) is 12.9. The number of hydrogen-bond acceptors (Lipinski definition) is 6. The Labute approximate surface area is 113 Å². The SMILES string of the molecule is COC(=O)c1sc2ccn3nc(O)nc3c2c1Br. The van der Waals surface area contributed by atoms with Gasteiger partial charge in [-0.15, -0.1) is 16.4 Å². The average Bonchev–Trinajstić information content (AvgIpc) is 2.88. The van der Waals surface area contributed by atoms with Gasteiger partial charge in [0.1, 0.15) is 4.88 Å². The molecular formula is C10H6BrN3O3S. The molecule has 0 saturated carbocycles. The first kappa shape index (κ1) is 11.4. The van der Waals surface area contributed by atoms with Crippen LogP contribution < -0.4 is 0 Å². The van der Waals surface area contributed by atoms with Crippen molar-refractivity contribution in [3.63, 3.8) is 0 Å². The summed E-state index contributed by atoms with van der Waals surface area (Å²) in [4.78, 5) is 16.0. The predicted molar refractivity (Wildman–Crippen MR) is 69.1 cm³/mol. The first-order valence-electron chi connectivity index (χ1n) is 4.86. The van der Waals surface area contributed by atoms with Crippen LogP contribution in [0.25, 0.3) is 15.7 Å². The smallest absolute Gasteiger partial charge is 0.349 e. The number of aromatic hydroxyl groups is 1. The van der Waals surface area contributed by atoms with Crippen LogP contribution in [0.15, 0.2) is 16.7 Å². The molecule has 92 valence electrons. The summed E-state index contributed by atoms with van der Waals surface area (Å²) in [6, 6.07) is 1.50. The highest BCUT2D eigenvalue weighted by Crippen LogP contribution is 2.38. The van der Waals surface area contributed by atoms with E-state index in [1.807, 2.05) is 0 Å². The maximum atomic E-state index is 11.6. The quantitative estimate of drug-likeness (QED) is 0.693. The standard InChI is InChI=1S/C10H6BrN3O3S/c1-17-9(15)7-6(11)5-4(18-7)2-3-14-8(5)12-10(16)13-14/h2-3H,1H3,(H,13,16). The minimum Gasteiger partial charge on any atom is -0.478 e. The van der Waals surface area contributed by atoms with E-state index in [2.05, 4.69) is 26.0 Å². The van der Waals surface area contributed by atoms with Gasteiger partial charge in [-0.1, -0.05) is 0 Å². The second kappa shape index (κ2) is 3.92. The fourth-order valence-corrected chi connectivity index (χ4v) is 3.63. The number of esters is 1. The van der Waals surface area contributed by atoms with Gasteiger partial charge in [-0.25, -0.2) is 9.31 Å². The maximum Gasteiger partial charge on any atom is 0.349 e. The molecule has 18 heavy (non-hydrogen) atoms. The Bertz CT molecular complexity index is 779. The van der Waals surface area contributed by atoms with Crippen molar-refractivity contribution in [2.24, 2.45) is 0 Å². The molecule has 3 aromatic rings. The van der Waals surface area contributed by atoms with Gasteiger partial charge in [0.25, 0.3) is 0 Å². The summed E-state index contributed by atoms with van der Waals surface area (Å²) in [5.41, 5.74) is 0.489. The van der Waals surface area contributed by atoms with Crippen LogP contribution >= 0.6 is 27.3 Å². The van der Waals surface area contributed by atoms with Crippen LogP contribution in [0.2, 0.25) is 0 Å². The Morgan fingerprint density at radius 3 is 3.11 bits per heavy atom. The molecule has 0 unspecified atom stereocenters. The Hall–Kier alpha value is -1.67.